The summed E-state index contributed by atoms with van der Waals surface area (Å²) >= 11 is 0. The van der Waals surface area contributed by atoms with Gasteiger partial charge in [-0.1, -0.05) is 13.3 Å². The van der Waals surface area contributed by atoms with E-state index in [1.54, 1.807) is 0 Å². The molecule has 0 bridgehead atoms. The summed E-state index contributed by atoms with van der Waals surface area (Å²) in [5.74, 6) is 0.484. The number of halogens is 2. The van der Waals surface area contributed by atoms with Crippen LogP contribution in [0.5, 0.6) is 0 Å². The molecule has 0 aliphatic heterocycles. The maximum Gasteiger partial charge on any atom is 0.251 e. The Labute approximate surface area is 102 Å². The number of rotatable bonds is 5. The molecule has 0 saturated heterocycles. The van der Waals surface area contributed by atoms with Gasteiger partial charge in [-0.15, -0.1) is 0 Å². The molecule has 17 heavy (non-hydrogen) atoms. The summed E-state index contributed by atoms with van der Waals surface area (Å²) in [7, 11) is 0. The average molecular weight is 247 g/mol. The first-order chi connectivity index (χ1) is 8.11. The summed E-state index contributed by atoms with van der Waals surface area (Å²) in [6, 6.07) is 0.526. The minimum atomic E-state index is -2.26. The highest BCUT2D eigenvalue weighted by Crippen LogP contribution is 2.37. The van der Waals surface area contributed by atoms with Gasteiger partial charge in [0.1, 0.15) is 0 Å². The summed E-state index contributed by atoms with van der Waals surface area (Å²) in [5.41, 5.74) is 0. The normalized spacial score (nSPS) is 34.6. The van der Waals surface area contributed by atoms with Gasteiger partial charge >= 0.3 is 0 Å². The van der Waals surface area contributed by atoms with Gasteiger partial charge < -0.3 is 5.11 Å². The molecule has 0 heterocycles. The Morgan fingerprint density at radius 1 is 1.24 bits per heavy atom. The number of aliphatic hydroxyl groups is 1. The number of hydrogen-bond donors (Lipinski definition) is 1. The minimum absolute atomic E-state index is 0.113. The molecule has 2 aliphatic rings. The molecule has 4 heteroatoms. The minimum Gasteiger partial charge on any atom is -0.393 e. The van der Waals surface area contributed by atoms with Crippen molar-refractivity contribution in [3.8, 4) is 0 Å². The molecule has 2 saturated carbocycles. The van der Waals surface area contributed by atoms with Crippen molar-refractivity contribution in [1.82, 2.24) is 4.90 Å². The van der Waals surface area contributed by atoms with Crippen LogP contribution < -0.4 is 0 Å². The van der Waals surface area contributed by atoms with Crippen LogP contribution in [0.2, 0.25) is 0 Å². The molecule has 3 unspecified atom stereocenters. The van der Waals surface area contributed by atoms with Crippen LogP contribution in [0.1, 0.15) is 45.4 Å². The lowest BCUT2D eigenvalue weighted by Crippen LogP contribution is -2.48. The molecule has 0 radical (unpaired) electrons. The fraction of sp³-hybridized carbons (Fsp3) is 1.00. The molecule has 1 N–H and O–H groups in total. The largest absolute Gasteiger partial charge is 0.393 e. The Bertz CT molecular complexity index is 246. The number of alkyl halides is 2. The zero-order valence-corrected chi connectivity index (χ0v) is 10.5. The van der Waals surface area contributed by atoms with Crippen molar-refractivity contribution in [3.63, 3.8) is 0 Å². The van der Waals surface area contributed by atoms with Crippen molar-refractivity contribution in [1.29, 1.82) is 0 Å². The van der Waals surface area contributed by atoms with Crippen molar-refractivity contribution in [2.24, 2.45) is 5.92 Å². The molecule has 100 valence electrons. The number of nitrogens with zero attached hydrogens (tertiary/aromatic N) is 1. The van der Waals surface area contributed by atoms with Crippen LogP contribution in [-0.2, 0) is 0 Å². The monoisotopic (exact) mass is 247 g/mol. The zero-order chi connectivity index (χ0) is 12.4. The van der Waals surface area contributed by atoms with E-state index in [-0.39, 0.29) is 18.7 Å². The van der Waals surface area contributed by atoms with Gasteiger partial charge in [-0.25, -0.2) is 8.78 Å². The van der Waals surface area contributed by atoms with Gasteiger partial charge in [0.05, 0.1) is 12.6 Å². The van der Waals surface area contributed by atoms with Gasteiger partial charge in [0.15, 0.2) is 0 Å². The molecule has 0 aromatic carbocycles. The van der Waals surface area contributed by atoms with E-state index in [1.165, 1.54) is 0 Å². The van der Waals surface area contributed by atoms with Crippen LogP contribution in [0, 0.1) is 5.92 Å². The maximum atomic E-state index is 12.7. The Balaban J connectivity index is 2.02. The third kappa shape index (κ3) is 3.38. The average Bonchev–Trinajstić information content (AvgIpc) is 3.09. The third-order valence-electron chi connectivity index (χ3n) is 4.24. The summed E-state index contributed by atoms with van der Waals surface area (Å²) in [6.07, 6.45) is 3.09. The molecule has 0 aromatic heterocycles. The van der Waals surface area contributed by atoms with Gasteiger partial charge in [-0.2, -0.15) is 0 Å². The molecule has 0 amide bonds. The topological polar surface area (TPSA) is 23.5 Å². The highest BCUT2D eigenvalue weighted by atomic mass is 19.3. The Morgan fingerprint density at radius 2 is 1.94 bits per heavy atom. The van der Waals surface area contributed by atoms with Crippen LogP contribution in [0.25, 0.3) is 0 Å². The zero-order valence-electron chi connectivity index (χ0n) is 10.5. The SMILES string of the molecule is CCC1CCC(O)CC1N(CC(F)F)C1CC1. The smallest absolute Gasteiger partial charge is 0.251 e. The van der Waals surface area contributed by atoms with E-state index in [4.69, 9.17) is 0 Å². The van der Waals surface area contributed by atoms with Gasteiger partial charge in [0, 0.05) is 12.1 Å². The Kier molecular flexibility index (Phi) is 4.36. The number of hydrogen-bond acceptors (Lipinski definition) is 2. The second-order valence-corrected chi connectivity index (χ2v) is 5.52. The lowest BCUT2D eigenvalue weighted by molar-refractivity contribution is -0.00781. The first kappa shape index (κ1) is 13.2. The van der Waals surface area contributed by atoms with Crippen LogP contribution in [0.15, 0.2) is 0 Å². The van der Waals surface area contributed by atoms with Crippen molar-refractivity contribution in [3.05, 3.63) is 0 Å². The van der Waals surface area contributed by atoms with Crippen LogP contribution in [-0.4, -0.2) is 41.2 Å². The predicted octanol–water partition coefficient (Wildman–Crippen LogP) is 2.66. The van der Waals surface area contributed by atoms with E-state index < -0.39 is 6.43 Å². The maximum absolute atomic E-state index is 12.7. The quantitative estimate of drug-likeness (QED) is 0.807. The van der Waals surface area contributed by atoms with Crippen LogP contribution in [0.3, 0.4) is 0 Å². The lowest BCUT2D eigenvalue weighted by atomic mass is 9.80. The van der Waals surface area contributed by atoms with Crippen LogP contribution in [0.4, 0.5) is 8.78 Å². The second-order valence-electron chi connectivity index (χ2n) is 5.52. The van der Waals surface area contributed by atoms with Gasteiger partial charge in [-0.3, -0.25) is 4.90 Å². The van der Waals surface area contributed by atoms with E-state index in [1.807, 2.05) is 4.90 Å². The van der Waals surface area contributed by atoms with Gasteiger partial charge in [-0.05, 0) is 38.0 Å². The molecule has 2 fully saturated rings. The van der Waals surface area contributed by atoms with E-state index in [0.717, 1.165) is 32.1 Å². The van der Waals surface area contributed by atoms with E-state index in [9.17, 15) is 13.9 Å². The molecule has 2 rings (SSSR count). The van der Waals surface area contributed by atoms with E-state index in [2.05, 4.69) is 6.92 Å². The molecule has 3 atom stereocenters. The fourth-order valence-corrected chi connectivity index (χ4v) is 3.19. The number of aliphatic hydroxyl groups excluding tert-OH is 1. The molecule has 2 aliphatic carbocycles. The lowest BCUT2D eigenvalue weighted by Gasteiger charge is -2.41. The van der Waals surface area contributed by atoms with Crippen molar-refractivity contribution < 1.29 is 13.9 Å². The molecular formula is C13H23F2NO. The predicted molar refractivity (Wildman–Crippen MR) is 63.2 cm³/mol. The van der Waals surface area contributed by atoms with Crippen molar-refractivity contribution >= 4 is 0 Å². The Hall–Kier alpha value is -0.220. The standard InChI is InChI=1S/C13H23F2NO/c1-2-9-3-6-11(17)7-12(9)16(8-13(14)15)10-4-5-10/h9-13,17H,2-8H2,1H3. The molecule has 0 spiro atoms. The second kappa shape index (κ2) is 5.61. The summed E-state index contributed by atoms with van der Waals surface area (Å²) < 4.78 is 25.3. The van der Waals surface area contributed by atoms with E-state index >= 15 is 0 Å². The highest BCUT2D eigenvalue weighted by molar-refractivity contribution is 4.94. The first-order valence-electron chi connectivity index (χ1n) is 6.83. The van der Waals surface area contributed by atoms with Gasteiger partial charge in [0.2, 0.25) is 0 Å². The summed E-state index contributed by atoms with van der Waals surface area (Å²) in [4.78, 5) is 1.99. The molecule has 0 aromatic rings. The van der Waals surface area contributed by atoms with Gasteiger partial charge in [0.25, 0.3) is 6.43 Å². The first-order valence-corrected chi connectivity index (χ1v) is 6.83. The summed E-state index contributed by atoms with van der Waals surface area (Å²) in [6.45, 7) is 2.02. The highest BCUT2D eigenvalue weighted by Gasteiger charge is 2.40. The van der Waals surface area contributed by atoms with E-state index in [0.29, 0.717) is 18.4 Å². The third-order valence-corrected chi connectivity index (χ3v) is 4.24. The fourth-order valence-electron chi connectivity index (χ4n) is 3.19. The molecule has 2 nitrogen and oxygen atoms in total. The van der Waals surface area contributed by atoms with Crippen LogP contribution >= 0.6 is 0 Å². The van der Waals surface area contributed by atoms with Crippen molar-refractivity contribution in [2.45, 2.75) is 70.1 Å². The summed E-state index contributed by atoms with van der Waals surface area (Å²) in [5, 5.41) is 9.76. The van der Waals surface area contributed by atoms with Crippen molar-refractivity contribution in [2.75, 3.05) is 6.54 Å². The molecular weight excluding hydrogens is 224 g/mol. The Morgan fingerprint density at radius 3 is 2.47 bits per heavy atom.